The fourth-order valence-electron chi connectivity index (χ4n) is 4.12. The zero-order valence-electron chi connectivity index (χ0n) is 17.0. The van der Waals surface area contributed by atoms with Gasteiger partial charge >= 0.3 is 6.03 Å². The van der Waals surface area contributed by atoms with E-state index in [1.54, 1.807) is 11.3 Å². The highest BCUT2D eigenvalue weighted by Gasteiger charge is 2.25. The molecule has 0 unspecified atom stereocenters. The number of piperazine rings is 1. The summed E-state index contributed by atoms with van der Waals surface area (Å²) in [5, 5.41) is 4.03. The van der Waals surface area contributed by atoms with Crippen LogP contribution in [0.4, 0.5) is 4.79 Å². The van der Waals surface area contributed by atoms with Gasteiger partial charge in [0.15, 0.2) is 0 Å². The monoisotopic (exact) mass is 466 g/mol. The summed E-state index contributed by atoms with van der Waals surface area (Å²) in [5.41, 5.74) is 1.28. The molecule has 5 nitrogen and oxygen atoms in total. The first-order valence-corrected chi connectivity index (χ1v) is 12.1. The molecular formula is C22H28Cl2N4OS. The van der Waals surface area contributed by atoms with Crippen molar-refractivity contribution < 1.29 is 4.79 Å². The number of nitrogens with one attached hydrogen (secondary N) is 1. The molecule has 2 aliphatic heterocycles. The topological polar surface area (TPSA) is 38.8 Å². The minimum atomic E-state index is 0.0879. The number of hydrogen-bond donors (Lipinski definition) is 1. The molecule has 2 aromatic rings. The summed E-state index contributed by atoms with van der Waals surface area (Å²) in [6.07, 6.45) is 2.00. The summed E-state index contributed by atoms with van der Waals surface area (Å²) >= 11 is 13.6. The highest BCUT2D eigenvalue weighted by molar-refractivity contribution is 7.16. The molecule has 1 aromatic carbocycles. The molecule has 3 heterocycles. The molecule has 1 aromatic heterocycles. The molecule has 0 saturated carbocycles. The van der Waals surface area contributed by atoms with Gasteiger partial charge in [-0.2, -0.15) is 0 Å². The van der Waals surface area contributed by atoms with E-state index in [2.05, 4.69) is 33.3 Å². The van der Waals surface area contributed by atoms with Crippen LogP contribution < -0.4 is 5.32 Å². The third kappa shape index (κ3) is 6.11. The van der Waals surface area contributed by atoms with Crippen LogP contribution in [0, 0.1) is 0 Å². The largest absolute Gasteiger partial charge is 0.335 e. The second-order valence-corrected chi connectivity index (χ2v) is 10.3. The summed E-state index contributed by atoms with van der Waals surface area (Å²) in [6, 6.07) is 12.5. The van der Waals surface area contributed by atoms with Crippen LogP contribution in [0.1, 0.15) is 23.3 Å². The van der Waals surface area contributed by atoms with Gasteiger partial charge in [-0.1, -0.05) is 35.3 Å². The van der Waals surface area contributed by atoms with Crippen molar-refractivity contribution in [1.29, 1.82) is 0 Å². The molecule has 1 N–H and O–H groups in total. The number of halogens is 2. The van der Waals surface area contributed by atoms with E-state index in [-0.39, 0.29) is 12.1 Å². The van der Waals surface area contributed by atoms with Gasteiger partial charge in [0, 0.05) is 68.3 Å². The normalized spacial score (nSPS) is 19.2. The predicted octanol–water partition coefficient (Wildman–Crippen LogP) is 4.55. The van der Waals surface area contributed by atoms with Crippen LogP contribution >= 0.6 is 34.5 Å². The molecular weight excluding hydrogens is 439 g/mol. The number of carbonyl (C=O) groups is 1. The van der Waals surface area contributed by atoms with Gasteiger partial charge in [0.25, 0.3) is 0 Å². The van der Waals surface area contributed by atoms with E-state index >= 15 is 0 Å². The minimum absolute atomic E-state index is 0.0879. The second kappa shape index (κ2) is 10.3. The number of hydrogen-bond acceptors (Lipinski definition) is 4. The molecule has 4 rings (SSSR count). The van der Waals surface area contributed by atoms with Gasteiger partial charge in [0.05, 0.1) is 4.34 Å². The summed E-state index contributed by atoms with van der Waals surface area (Å²) in [5.74, 6) is 0. The van der Waals surface area contributed by atoms with E-state index in [9.17, 15) is 4.79 Å². The first-order chi connectivity index (χ1) is 14.5. The van der Waals surface area contributed by atoms with Crippen LogP contribution in [0.25, 0.3) is 0 Å². The number of urea groups is 1. The Balaban J connectivity index is 1.16. The third-order valence-electron chi connectivity index (χ3n) is 5.90. The number of piperidine rings is 1. The summed E-state index contributed by atoms with van der Waals surface area (Å²) < 4.78 is 0.835. The van der Waals surface area contributed by atoms with Crippen molar-refractivity contribution in [3.05, 3.63) is 56.2 Å². The van der Waals surface area contributed by atoms with Crippen LogP contribution in [0.2, 0.25) is 9.36 Å². The maximum Gasteiger partial charge on any atom is 0.317 e. The first-order valence-electron chi connectivity index (χ1n) is 10.5. The van der Waals surface area contributed by atoms with Gasteiger partial charge in [0.2, 0.25) is 0 Å². The molecule has 0 spiro atoms. The molecule has 30 heavy (non-hydrogen) atoms. The molecule has 8 heteroatoms. The standard InChI is InChI=1S/C22H28Cl2N4OS/c23-18-3-1-17(2-4-18)15-26-9-7-19(8-10-26)25-22(29)28-13-11-27(12-14-28)16-20-5-6-21(24)30-20/h1-6,19H,7-16H2,(H,25,29). The predicted molar refractivity (Wildman–Crippen MR) is 124 cm³/mol. The van der Waals surface area contributed by atoms with Crippen LogP contribution in [0.3, 0.4) is 0 Å². The molecule has 0 atom stereocenters. The van der Waals surface area contributed by atoms with E-state index in [4.69, 9.17) is 23.2 Å². The van der Waals surface area contributed by atoms with E-state index < -0.39 is 0 Å². The second-order valence-electron chi connectivity index (χ2n) is 8.10. The van der Waals surface area contributed by atoms with Gasteiger partial charge < -0.3 is 10.2 Å². The van der Waals surface area contributed by atoms with Crippen molar-refractivity contribution in [3.8, 4) is 0 Å². The Morgan fingerprint density at radius 1 is 0.900 bits per heavy atom. The van der Waals surface area contributed by atoms with Crippen molar-refractivity contribution >= 4 is 40.6 Å². The Labute approximate surface area is 192 Å². The summed E-state index contributed by atoms with van der Waals surface area (Å²) in [7, 11) is 0. The van der Waals surface area contributed by atoms with Crippen molar-refractivity contribution in [1.82, 2.24) is 20.0 Å². The van der Waals surface area contributed by atoms with Gasteiger partial charge in [-0.25, -0.2) is 4.79 Å². The Morgan fingerprint density at radius 2 is 1.57 bits per heavy atom. The van der Waals surface area contributed by atoms with Crippen molar-refractivity contribution in [2.45, 2.75) is 32.0 Å². The molecule has 2 fully saturated rings. The molecule has 2 amide bonds. The van der Waals surface area contributed by atoms with E-state index in [0.29, 0.717) is 0 Å². The van der Waals surface area contributed by atoms with Crippen molar-refractivity contribution in [2.24, 2.45) is 0 Å². The highest BCUT2D eigenvalue weighted by atomic mass is 35.5. The van der Waals surface area contributed by atoms with Crippen LogP contribution in [-0.4, -0.2) is 66.0 Å². The molecule has 2 aliphatic rings. The highest BCUT2D eigenvalue weighted by Crippen LogP contribution is 2.23. The van der Waals surface area contributed by atoms with Gasteiger partial charge in [0.1, 0.15) is 0 Å². The zero-order valence-corrected chi connectivity index (χ0v) is 19.4. The Kier molecular flexibility index (Phi) is 7.55. The number of nitrogens with zero attached hydrogens (tertiary/aromatic N) is 3. The zero-order chi connectivity index (χ0) is 20.9. The van der Waals surface area contributed by atoms with Crippen LogP contribution in [0.15, 0.2) is 36.4 Å². The number of amides is 2. The molecule has 162 valence electrons. The fraction of sp³-hybridized carbons (Fsp3) is 0.500. The van der Waals surface area contributed by atoms with E-state index in [0.717, 1.165) is 74.6 Å². The number of benzene rings is 1. The Bertz CT molecular complexity index is 828. The maximum absolute atomic E-state index is 12.7. The SMILES string of the molecule is O=C(NC1CCN(Cc2ccc(Cl)cc2)CC1)N1CCN(Cc2ccc(Cl)s2)CC1. The maximum atomic E-state index is 12.7. The number of rotatable bonds is 5. The molecule has 0 aliphatic carbocycles. The van der Waals surface area contributed by atoms with Crippen molar-refractivity contribution in [2.75, 3.05) is 39.3 Å². The number of thiophene rings is 1. The van der Waals surface area contributed by atoms with Gasteiger partial charge in [-0.3, -0.25) is 9.80 Å². The fourth-order valence-corrected chi connectivity index (χ4v) is 5.37. The lowest BCUT2D eigenvalue weighted by atomic mass is 10.0. The van der Waals surface area contributed by atoms with Crippen LogP contribution in [0.5, 0.6) is 0 Å². The number of likely N-dealkylation sites (tertiary alicyclic amines) is 1. The average Bonchev–Trinajstić information content (AvgIpc) is 3.16. The lowest BCUT2D eigenvalue weighted by molar-refractivity contribution is 0.128. The Hall–Kier alpha value is -1.31. The van der Waals surface area contributed by atoms with Gasteiger partial charge in [-0.15, -0.1) is 11.3 Å². The van der Waals surface area contributed by atoms with E-state index in [1.165, 1.54) is 10.4 Å². The Morgan fingerprint density at radius 3 is 2.20 bits per heavy atom. The number of carbonyl (C=O) groups excluding carboxylic acids is 1. The molecule has 0 bridgehead atoms. The minimum Gasteiger partial charge on any atom is -0.335 e. The van der Waals surface area contributed by atoms with Gasteiger partial charge in [-0.05, 0) is 42.7 Å². The van der Waals surface area contributed by atoms with Crippen molar-refractivity contribution in [3.63, 3.8) is 0 Å². The smallest absolute Gasteiger partial charge is 0.317 e. The summed E-state index contributed by atoms with van der Waals surface area (Å²) in [4.78, 5) is 20.8. The van der Waals surface area contributed by atoms with Crippen LogP contribution in [-0.2, 0) is 13.1 Å². The third-order valence-corrected chi connectivity index (χ3v) is 7.37. The molecule has 0 radical (unpaired) electrons. The lowest BCUT2D eigenvalue weighted by Gasteiger charge is -2.37. The quantitative estimate of drug-likeness (QED) is 0.702. The lowest BCUT2D eigenvalue weighted by Crippen LogP contribution is -2.54. The first kappa shape index (κ1) is 21.9. The molecule has 2 saturated heterocycles. The van der Waals surface area contributed by atoms with E-state index in [1.807, 2.05) is 23.1 Å². The average molecular weight is 467 g/mol. The summed E-state index contributed by atoms with van der Waals surface area (Å²) in [6.45, 7) is 7.23.